The number of carboxylic acid groups (broad SMARTS) is 1. The van der Waals surface area contributed by atoms with Gasteiger partial charge in [0.15, 0.2) is 11.6 Å². The van der Waals surface area contributed by atoms with E-state index in [0.29, 0.717) is 17.2 Å². The zero-order valence-corrected chi connectivity index (χ0v) is 10.9. The molecule has 7 nitrogen and oxygen atoms in total. The second-order valence-electron chi connectivity index (χ2n) is 4.29. The van der Waals surface area contributed by atoms with Crippen LogP contribution in [0, 0.1) is 0 Å². The number of carbonyl (C=O) groups is 1. The summed E-state index contributed by atoms with van der Waals surface area (Å²) in [6.45, 7) is -0.266. The smallest absolute Gasteiger partial charge is 0.325 e. The SMILES string of the molecule is O=C(O)Cn1nc(-c2cccnc2)nc1-c1cccnc1. The molecular formula is C14H11N5O2. The van der Waals surface area contributed by atoms with Gasteiger partial charge in [0.05, 0.1) is 0 Å². The molecular weight excluding hydrogens is 270 g/mol. The molecule has 0 aromatic carbocycles. The predicted octanol–water partition coefficient (Wildman–Crippen LogP) is 1.49. The number of carboxylic acids is 1. The minimum atomic E-state index is -0.984. The van der Waals surface area contributed by atoms with Gasteiger partial charge in [0.25, 0.3) is 0 Å². The van der Waals surface area contributed by atoms with Crippen molar-refractivity contribution in [3.05, 3.63) is 49.1 Å². The number of pyridine rings is 2. The Morgan fingerprint density at radius 3 is 2.33 bits per heavy atom. The lowest BCUT2D eigenvalue weighted by molar-refractivity contribution is -0.137. The maximum atomic E-state index is 11.0. The average Bonchev–Trinajstić information content (AvgIpc) is 2.92. The van der Waals surface area contributed by atoms with Crippen LogP contribution < -0.4 is 0 Å². The Hall–Kier alpha value is -3.09. The lowest BCUT2D eigenvalue weighted by Gasteiger charge is -2.01. The largest absolute Gasteiger partial charge is 0.480 e. The zero-order valence-electron chi connectivity index (χ0n) is 10.9. The molecule has 7 heteroatoms. The maximum absolute atomic E-state index is 11.0. The first-order valence-corrected chi connectivity index (χ1v) is 6.21. The van der Waals surface area contributed by atoms with Gasteiger partial charge >= 0.3 is 5.97 Å². The van der Waals surface area contributed by atoms with E-state index in [0.717, 1.165) is 5.56 Å². The molecule has 0 bridgehead atoms. The molecule has 3 aromatic rings. The summed E-state index contributed by atoms with van der Waals surface area (Å²) in [5, 5.41) is 13.3. The molecule has 1 N–H and O–H groups in total. The first-order valence-electron chi connectivity index (χ1n) is 6.21. The van der Waals surface area contributed by atoms with Crippen molar-refractivity contribution in [3.63, 3.8) is 0 Å². The summed E-state index contributed by atoms with van der Waals surface area (Å²) in [7, 11) is 0. The Labute approximate surface area is 119 Å². The average molecular weight is 281 g/mol. The monoisotopic (exact) mass is 281 g/mol. The van der Waals surface area contributed by atoms with Crippen molar-refractivity contribution >= 4 is 5.97 Å². The van der Waals surface area contributed by atoms with Crippen LogP contribution in [0.1, 0.15) is 0 Å². The highest BCUT2D eigenvalue weighted by Crippen LogP contribution is 2.21. The van der Waals surface area contributed by atoms with Gasteiger partial charge in [-0.05, 0) is 24.3 Å². The van der Waals surface area contributed by atoms with Gasteiger partial charge < -0.3 is 5.11 Å². The number of hydrogen-bond acceptors (Lipinski definition) is 5. The number of nitrogens with zero attached hydrogens (tertiary/aromatic N) is 5. The molecule has 21 heavy (non-hydrogen) atoms. The Kier molecular flexibility index (Phi) is 3.38. The number of rotatable bonds is 4. The van der Waals surface area contributed by atoms with E-state index in [4.69, 9.17) is 5.11 Å². The molecule has 0 aliphatic rings. The quantitative estimate of drug-likeness (QED) is 0.778. The van der Waals surface area contributed by atoms with Crippen LogP contribution in [0.4, 0.5) is 0 Å². The fourth-order valence-electron chi connectivity index (χ4n) is 1.91. The Morgan fingerprint density at radius 2 is 1.76 bits per heavy atom. The van der Waals surface area contributed by atoms with Gasteiger partial charge in [0, 0.05) is 35.9 Å². The van der Waals surface area contributed by atoms with Crippen molar-refractivity contribution in [2.45, 2.75) is 6.54 Å². The summed E-state index contributed by atoms with van der Waals surface area (Å²) in [5.41, 5.74) is 1.44. The lowest BCUT2D eigenvalue weighted by atomic mass is 10.2. The van der Waals surface area contributed by atoms with Crippen LogP contribution in [-0.2, 0) is 11.3 Å². The molecule has 0 spiro atoms. The van der Waals surface area contributed by atoms with Crippen LogP contribution in [0.3, 0.4) is 0 Å². The highest BCUT2D eigenvalue weighted by molar-refractivity contribution is 5.68. The van der Waals surface area contributed by atoms with Gasteiger partial charge in [-0.2, -0.15) is 0 Å². The van der Waals surface area contributed by atoms with Gasteiger partial charge in [-0.15, -0.1) is 5.10 Å². The molecule has 0 atom stereocenters. The van der Waals surface area contributed by atoms with E-state index in [-0.39, 0.29) is 6.54 Å². The fraction of sp³-hybridized carbons (Fsp3) is 0.0714. The lowest BCUT2D eigenvalue weighted by Crippen LogP contribution is -2.11. The van der Waals surface area contributed by atoms with Crippen molar-refractivity contribution in [2.24, 2.45) is 0 Å². The van der Waals surface area contributed by atoms with Crippen molar-refractivity contribution in [1.29, 1.82) is 0 Å². The summed E-state index contributed by atoms with van der Waals surface area (Å²) in [6.07, 6.45) is 6.55. The van der Waals surface area contributed by atoms with E-state index in [1.54, 1.807) is 36.9 Å². The van der Waals surface area contributed by atoms with Crippen LogP contribution in [0.25, 0.3) is 22.8 Å². The van der Waals surface area contributed by atoms with Crippen molar-refractivity contribution < 1.29 is 9.90 Å². The summed E-state index contributed by atoms with van der Waals surface area (Å²) in [5.74, 6) is -0.0877. The standard InChI is InChI=1S/C14H11N5O2/c20-12(21)9-19-14(11-4-2-6-16-8-11)17-13(18-19)10-3-1-5-15-7-10/h1-8H,9H2,(H,20,21). The normalized spacial score (nSPS) is 10.5. The first-order chi connectivity index (χ1) is 10.2. The first kappa shape index (κ1) is 12.9. The molecule has 3 aromatic heterocycles. The second kappa shape index (κ2) is 5.49. The summed E-state index contributed by atoms with van der Waals surface area (Å²) >= 11 is 0. The van der Waals surface area contributed by atoms with Crippen LogP contribution >= 0.6 is 0 Å². The molecule has 104 valence electrons. The van der Waals surface area contributed by atoms with E-state index in [2.05, 4.69) is 20.1 Å². The van der Waals surface area contributed by atoms with Crippen molar-refractivity contribution in [3.8, 4) is 22.8 Å². The van der Waals surface area contributed by atoms with E-state index in [1.165, 1.54) is 4.68 Å². The molecule has 0 unspecified atom stereocenters. The third-order valence-electron chi connectivity index (χ3n) is 2.80. The number of aliphatic carboxylic acids is 1. The van der Waals surface area contributed by atoms with Crippen LogP contribution in [-0.4, -0.2) is 35.8 Å². The van der Waals surface area contributed by atoms with Crippen molar-refractivity contribution in [2.75, 3.05) is 0 Å². The number of aromatic nitrogens is 5. The molecule has 0 saturated carbocycles. The summed E-state index contributed by atoms with van der Waals surface area (Å²) in [4.78, 5) is 23.4. The van der Waals surface area contributed by atoms with Gasteiger partial charge in [-0.1, -0.05) is 0 Å². The molecule has 0 amide bonds. The third-order valence-corrected chi connectivity index (χ3v) is 2.80. The summed E-state index contributed by atoms with van der Waals surface area (Å²) in [6, 6.07) is 7.17. The molecule has 0 aliphatic heterocycles. The van der Waals surface area contributed by atoms with Crippen LogP contribution in [0.15, 0.2) is 49.1 Å². The summed E-state index contributed by atoms with van der Waals surface area (Å²) < 4.78 is 1.35. The van der Waals surface area contributed by atoms with Gasteiger partial charge in [0.2, 0.25) is 0 Å². The molecule has 0 aliphatic carbocycles. The van der Waals surface area contributed by atoms with Gasteiger partial charge in [-0.3, -0.25) is 14.8 Å². The maximum Gasteiger partial charge on any atom is 0.325 e. The highest BCUT2D eigenvalue weighted by atomic mass is 16.4. The molecule has 0 saturated heterocycles. The minimum Gasteiger partial charge on any atom is -0.480 e. The van der Waals surface area contributed by atoms with Gasteiger partial charge in [-0.25, -0.2) is 9.67 Å². The third kappa shape index (κ3) is 2.76. The minimum absolute atomic E-state index is 0.266. The van der Waals surface area contributed by atoms with Crippen LogP contribution in [0.2, 0.25) is 0 Å². The number of hydrogen-bond donors (Lipinski definition) is 1. The van der Waals surface area contributed by atoms with E-state index < -0.39 is 5.97 Å². The topological polar surface area (TPSA) is 93.8 Å². The van der Waals surface area contributed by atoms with Crippen LogP contribution in [0.5, 0.6) is 0 Å². The predicted molar refractivity (Wildman–Crippen MR) is 74.1 cm³/mol. The Morgan fingerprint density at radius 1 is 1.10 bits per heavy atom. The molecule has 3 heterocycles. The van der Waals surface area contributed by atoms with E-state index in [1.807, 2.05) is 12.1 Å². The highest BCUT2D eigenvalue weighted by Gasteiger charge is 2.15. The molecule has 0 fully saturated rings. The Bertz CT molecular complexity index is 756. The van der Waals surface area contributed by atoms with Gasteiger partial charge in [0.1, 0.15) is 6.54 Å². The zero-order chi connectivity index (χ0) is 14.7. The fourth-order valence-corrected chi connectivity index (χ4v) is 1.91. The molecule has 0 radical (unpaired) electrons. The molecule has 3 rings (SSSR count). The Balaban J connectivity index is 2.10. The van der Waals surface area contributed by atoms with Crippen molar-refractivity contribution in [1.82, 2.24) is 24.7 Å². The second-order valence-corrected chi connectivity index (χ2v) is 4.29. The van der Waals surface area contributed by atoms with E-state index >= 15 is 0 Å². The van der Waals surface area contributed by atoms with E-state index in [9.17, 15) is 4.79 Å².